The summed E-state index contributed by atoms with van der Waals surface area (Å²) in [6, 6.07) is 8.51. The van der Waals surface area contributed by atoms with Crippen LogP contribution in [0.2, 0.25) is 0 Å². The number of hydrogen-bond donors (Lipinski definition) is 1. The molecule has 0 spiro atoms. The summed E-state index contributed by atoms with van der Waals surface area (Å²) < 4.78 is 24.0. The van der Waals surface area contributed by atoms with E-state index in [4.69, 9.17) is 10.7 Å². The highest BCUT2D eigenvalue weighted by Gasteiger charge is 2.31. The number of rotatable bonds is 8. The summed E-state index contributed by atoms with van der Waals surface area (Å²) in [7, 11) is 1.76. The van der Waals surface area contributed by atoms with Crippen LogP contribution in [0.25, 0.3) is 0 Å². The Morgan fingerprint density at radius 1 is 1.35 bits per heavy atom. The third-order valence-corrected chi connectivity index (χ3v) is 6.02. The molecule has 1 aromatic rings. The van der Waals surface area contributed by atoms with Gasteiger partial charge in [-0.3, -0.25) is 0 Å². The van der Waals surface area contributed by atoms with Crippen LogP contribution < -0.4 is 10.2 Å². The Balaban J connectivity index is 1.88. The van der Waals surface area contributed by atoms with Crippen molar-refractivity contribution in [1.82, 2.24) is 9.62 Å². The molecule has 1 aliphatic rings. The molecule has 7 heteroatoms. The van der Waals surface area contributed by atoms with Crippen LogP contribution in [0, 0.1) is 0 Å². The fourth-order valence-electron chi connectivity index (χ4n) is 3.08. The molecule has 130 valence electrons. The molecule has 1 heterocycles. The number of nitrogens with zero attached hydrogens (tertiary/aromatic N) is 2. The lowest BCUT2D eigenvalue weighted by molar-refractivity contribution is 0.396. The molecule has 0 saturated heterocycles. The van der Waals surface area contributed by atoms with Gasteiger partial charge < -0.3 is 10.2 Å². The van der Waals surface area contributed by atoms with Gasteiger partial charge in [-0.25, -0.2) is 0 Å². The summed E-state index contributed by atoms with van der Waals surface area (Å²) in [4.78, 5) is 2.42. The molecule has 0 atom stereocenters. The maximum absolute atomic E-state index is 11.4. The molecule has 0 saturated carbocycles. The first-order valence-corrected chi connectivity index (χ1v) is 10.3. The Bertz CT molecular complexity index is 634. The fraction of sp³-hybridized carbons (Fsp3) is 0.625. The van der Waals surface area contributed by atoms with Gasteiger partial charge in [0.05, 0.1) is 0 Å². The molecule has 0 fully saturated rings. The number of halogens is 1. The van der Waals surface area contributed by atoms with Crippen LogP contribution in [0.4, 0.5) is 5.69 Å². The molecular weight excluding hydrogens is 334 g/mol. The lowest BCUT2D eigenvalue weighted by atomic mass is 10.0. The molecule has 1 aliphatic heterocycles. The minimum absolute atomic E-state index is 0.0382. The fourth-order valence-corrected chi connectivity index (χ4v) is 4.20. The standard InChI is InChI=1S/C16H26ClN3O2S/c1-4-19(23(17,21)22)12-10-18-13-16(2,3)20-11-9-14-7-5-6-8-15(14)20/h5-8,18H,4,9-13H2,1-3H3. The zero-order valence-electron chi connectivity index (χ0n) is 14.0. The lowest BCUT2D eigenvalue weighted by Gasteiger charge is -2.38. The van der Waals surface area contributed by atoms with Crippen molar-refractivity contribution in [3.8, 4) is 0 Å². The molecule has 5 nitrogen and oxygen atoms in total. The van der Waals surface area contributed by atoms with Crippen LogP contribution >= 0.6 is 10.7 Å². The van der Waals surface area contributed by atoms with Crippen molar-refractivity contribution in [2.45, 2.75) is 32.7 Å². The van der Waals surface area contributed by atoms with Gasteiger partial charge in [-0.1, -0.05) is 25.1 Å². The van der Waals surface area contributed by atoms with Gasteiger partial charge in [-0.2, -0.15) is 12.7 Å². The largest absolute Gasteiger partial charge is 0.365 e. The highest BCUT2D eigenvalue weighted by molar-refractivity contribution is 8.11. The van der Waals surface area contributed by atoms with Crippen molar-refractivity contribution >= 4 is 25.6 Å². The summed E-state index contributed by atoms with van der Waals surface area (Å²) in [6.45, 7) is 9.34. The first-order valence-electron chi connectivity index (χ1n) is 8.01. The smallest absolute Gasteiger partial charge is 0.299 e. The average Bonchev–Trinajstić information content (AvgIpc) is 2.90. The van der Waals surface area contributed by atoms with Crippen molar-refractivity contribution in [2.24, 2.45) is 0 Å². The Morgan fingerprint density at radius 2 is 2.04 bits per heavy atom. The van der Waals surface area contributed by atoms with Gasteiger partial charge in [0.15, 0.2) is 0 Å². The highest BCUT2D eigenvalue weighted by Crippen LogP contribution is 2.33. The predicted molar refractivity (Wildman–Crippen MR) is 96.5 cm³/mol. The minimum Gasteiger partial charge on any atom is -0.365 e. The molecule has 1 aromatic carbocycles. The topological polar surface area (TPSA) is 52.6 Å². The van der Waals surface area contributed by atoms with Crippen LogP contribution in [0.1, 0.15) is 26.3 Å². The number of benzene rings is 1. The monoisotopic (exact) mass is 359 g/mol. The summed E-state index contributed by atoms with van der Waals surface area (Å²) in [5, 5.41) is 3.36. The van der Waals surface area contributed by atoms with Crippen molar-refractivity contribution < 1.29 is 8.42 Å². The van der Waals surface area contributed by atoms with Crippen LogP contribution in [0.5, 0.6) is 0 Å². The summed E-state index contributed by atoms with van der Waals surface area (Å²) in [5.74, 6) is 0. The predicted octanol–water partition coefficient (Wildman–Crippen LogP) is 2.22. The van der Waals surface area contributed by atoms with E-state index in [1.165, 1.54) is 15.6 Å². The quantitative estimate of drug-likeness (QED) is 0.571. The van der Waals surface area contributed by atoms with Gasteiger partial charge in [-0.15, -0.1) is 0 Å². The van der Waals surface area contributed by atoms with E-state index in [1.54, 1.807) is 6.92 Å². The van der Waals surface area contributed by atoms with E-state index in [2.05, 4.69) is 48.3 Å². The third-order valence-electron chi connectivity index (χ3n) is 4.37. The van der Waals surface area contributed by atoms with Crippen LogP contribution in [-0.2, 0) is 15.7 Å². The van der Waals surface area contributed by atoms with E-state index < -0.39 is 9.24 Å². The van der Waals surface area contributed by atoms with E-state index in [9.17, 15) is 8.42 Å². The number of likely N-dealkylation sites (N-methyl/N-ethyl adjacent to an activating group) is 1. The third kappa shape index (κ3) is 4.59. The Kier molecular flexibility index (Phi) is 5.94. The van der Waals surface area contributed by atoms with E-state index in [1.807, 2.05) is 0 Å². The normalized spacial score (nSPS) is 15.3. The number of anilines is 1. The summed E-state index contributed by atoms with van der Waals surface area (Å²) in [5.41, 5.74) is 2.66. The van der Waals surface area contributed by atoms with Crippen LogP contribution in [0.3, 0.4) is 0 Å². The second-order valence-corrected chi connectivity index (χ2v) is 8.96. The molecule has 2 rings (SSSR count). The maximum Gasteiger partial charge on any atom is 0.299 e. The molecule has 0 unspecified atom stereocenters. The van der Waals surface area contributed by atoms with Crippen molar-refractivity contribution in [3.63, 3.8) is 0 Å². The number of nitrogens with one attached hydrogen (secondary N) is 1. The van der Waals surface area contributed by atoms with Gasteiger partial charge >= 0.3 is 0 Å². The Hall–Kier alpha value is -0.820. The number of hydrogen-bond acceptors (Lipinski definition) is 4. The van der Waals surface area contributed by atoms with Gasteiger partial charge in [0.25, 0.3) is 9.24 Å². The molecule has 0 aliphatic carbocycles. The molecule has 0 radical (unpaired) electrons. The molecule has 23 heavy (non-hydrogen) atoms. The first kappa shape index (κ1) is 18.5. The maximum atomic E-state index is 11.4. The Labute approximate surface area is 144 Å². The summed E-state index contributed by atoms with van der Waals surface area (Å²) >= 11 is 0. The number of fused-ring (bicyclic) bond motifs is 1. The van der Waals surface area contributed by atoms with Crippen LogP contribution in [0.15, 0.2) is 24.3 Å². The van der Waals surface area contributed by atoms with Crippen molar-refractivity contribution in [2.75, 3.05) is 37.6 Å². The van der Waals surface area contributed by atoms with Gasteiger partial charge in [0.1, 0.15) is 0 Å². The van der Waals surface area contributed by atoms with E-state index in [0.29, 0.717) is 19.6 Å². The molecule has 0 bridgehead atoms. The second kappa shape index (κ2) is 7.38. The molecule has 0 aromatic heterocycles. The van der Waals surface area contributed by atoms with Crippen molar-refractivity contribution in [3.05, 3.63) is 29.8 Å². The lowest BCUT2D eigenvalue weighted by Crippen LogP contribution is -2.51. The average molecular weight is 360 g/mol. The zero-order chi connectivity index (χ0) is 17.1. The van der Waals surface area contributed by atoms with E-state index >= 15 is 0 Å². The number of para-hydroxylation sites is 1. The molecule has 1 N–H and O–H groups in total. The highest BCUT2D eigenvalue weighted by atomic mass is 35.7. The van der Waals surface area contributed by atoms with Gasteiger partial charge in [0.2, 0.25) is 0 Å². The molecular formula is C16H26ClN3O2S. The zero-order valence-corrected chi connectivity index (χ0v) is 15.6. The minimum atomic E-state index is -3.63. The van der Waals surface area contributed by atoms with E-state index in [-0.39, 0.29) is 5.54 Å². The molecule has 0 amide bonds. The van der Waals surface area contributed by atoms with Gasteiger partial charge in [-0.05, 0) is 31.9 Å². The Morgan fingerprint density at radius 3 is 2.70 bits per heavy atom. The second-order valence-electron chi connectivity index (χ2n) is 6.45. The first-order chi connectivity index (χ1) is 10.8. The van der Waals surface area contributed by atoms with Crippen molar-refractivity contribution in [1.29, 1.82) is 0 Å². The van der Waals surface area contributed by atoms with E-state index in [0.717, 1.165) is 19.5 Å². The van der Waals surface area contributed by atoms with Gasteiger partial charge in [0, 0.05) is 54.6 Å². The van der Waals surface area contributed by atoms with Crippen LogP contribution in [-0.4, -0.2) is 51.0 Å². The SMILES string of the molecule is CCN(CCNCC(C)(C)N1CCc2ccccc21)S(=O)(=O)Cl. The summed E-state index contributed by atoms with van der Waals surface area (Å²) in [6.07, 6.45) is 1.08.